The van der Waals surface area contributed by atoms with Crippen molar-refractivity contribution < 1.29 is 24.2 Å². The van der Waals surface area contributed by atoms with Crippen LogP contribution in [0.25, 0.3) is 0 Å². The number of aryl methyl sites for hydroxylation is 1. The average Bonchev–Trinajstić information content (AvgIpc) is 2.77. The Balaban J connectivity index is 3.52. The van der Waals surface area contributed by atoms with Gasteiger partial charge in [-0.1, -0.05) is 39.7 Å². The minimum Gasteiger partial charge on any atom is -0.508 e. The Morgan fingerprint density at radius 3 is 2.31 bits per heavy atom. The third-order valence-corrected chi connectivity index (χ3v) is 5.88. The second-order valence-corrected chi connectivity index (χ2v) is 10.3. The molecule has 1 rings (SSSR count). The van der Waals surface area contributed by atoms with Crippen LogP contribution in [0, 0.1) is 24.2 Å². The molecule has 0 heterocycles. The number of hydrogen-bond acceptors (Lipinski definition) is 6. The van der Waals surface area contributed by atoms with Gasteiger partial charge in [-0.3, -0.25) is 9.59 Å². The van der Waals surface area contributed by atoms with Crippen molar-refractivity contribution in [3.8, 4) is 11.8 Å². The lowest BCUT2D eigenvalue weighted by atomic mass is 9.95. The van der Waals surface area contributed by atoms with Crippen LogP contribution in [0.15, 0.2) is 18.2 Å². The summed E-state index contributed by atoms with van der Waals surface area (Å²) in [6, 6.07) is 4.35. The van der Waals surface area contributed by atoms with Crippen LogP contribution in [-0.4, -0.2) is 52.1 Å². The fourth-order valence-electron chi connectivity index (χ4n) is 3.82. The zero-order chi connectivity index (χ0) is 27.6. The number of hydrogen-bond donors (Lipinski definition) is 3. The lowest BCUT2D eigenvalue weighted by Gasteiger charge is -2.35. The van der Waals surface area contributed by atoms with E-state index in [1.165, 1.54) is 11.0 Å². The molecule has 9 heteroatoms. The quantitative estimate of drug-likeness (QED) is 0.386. The minimum atomic E-state index is -1.14. The number of carbonyl (C=O) groups excluding carboxylic acids is 3. The molecule has 36 heavy (non-hydrogen) atoms. The van der Waals surface area contributed by atoms with Gasteiger partial charge in [0.25, 0.3) is 0 Å². The lowest BCUT2D eigenvalue weighted by Crippen LogP contribution is -2.55. The highest BCUT2D eigenvalue weighted by Gasteiger charge is 2.38. The molecule has 0 saturated carbocycles. The van der Waals surface area contributed by atoms with E-state index < -0.39 is 35.6 Å². The van der Waals surface area contributed by atoms with Gasteiger partial charge >= 0.3 is 6.09 Å². The third-order valence-electron chi connectivity index (χ3n) is 5.88. The Kier molecular flexibility index (Phi) is 11.7. The molecule has 3 amide bonds. The molecule has 200 valence electrons. The van der Waals surface area contributed by atoms with Gasteiger partial charge in [0.15, 0.2) is 0 Å². The monoisotopic (exact) mass is 502 g/mol. The van der Waals surface area contributed by atoms with E-state index in [9.17, 15) is 24.8 Å². The zero-order valence-corrected chi connectivity index (χ0v) is 22.8. The van der Waals surface area contributed by atoms with Crippen molar-refractivity contribution in [2.24, 2.45) is 5.92 Å². The van der Waals surface area contributed by atoms with Crippen LogP contribution in [0.4, 0.5) is 4.79 Å². The van der Waals surface area contributed by atoms with E-state index in [0.717, 1.165) is 12.8 Å². The SMILES string of the molecule is CCCC(C)NC(=O)C(c1ccc(O)c(C)c1)N(CC#N)C(=O)C(NC(=O)OC(C)(C)C)C(C)CC. The number of rotatable bonds is 11. The predicted molar refractivity (Wildman–Crippen MR) is 138 cm³/mol. The number of alkyl carbamates (subject to hydrolysis) is 1. The molecule has 3 N–H and O–H groups in total. The van der Waals surface area contributed by atoms with Crippen LogP contribution in [0.2, 0.25) is 0 Å². The Labute approximate surface area is 215 Å². The van der Waals surface area contributed by atoms with Crippen molar-refractivity contribution in [1.29, 1.82) is 5.26 Å². The van der Waals surface area contributed by atoms with Crippen molar-refractivity contribution in [3.05, 3.63) is 29.3 Å². The van der Waals surface area contributed by atoms with Crippen LogP contribution in [0.3, 0.4) is 0 Å². The largest absolute Gasteiger partial charge is 0.508 e. The molecule has 0 aromatic heterocycles. The summed E-state index contributed by atoms with van der Waals surface area (Å²) in [6.07, 6.45) is 1.42. The summed E-state index contributed by atoms with van der Waals surface area (Å²) in [4.78, 5) is 41.2. The summed E-state index contributed by atoms with van der Waals surface area (Å²) in [5.41, 5.74) is 0.220. The van der Waals surface area contributed by atoms with E-state index in [2.05, 4.69) is 10.6 Å². The van der Waals surface area contributed by atoms with Crippen molar-refractivity contribution in [1.82, 2.24) is 15.5 Å². The highest BCUT2D eigenvalue weighted by atomic mass is 16.6. The molecule has 0 radical (unpaired) electrons. The predicted octanol–water partition coefficient (Wildman–Crippen LogP) is 4.34. The number of amides is 3. The highest BCUT2D eigenvalue weighted by molar-refractivity contribution is 5.92. The number of nitriles is 1. The van der Waals surface area contributed by atoms with Gasteiger partial charge in [-0.2, -0.15) is 5.26 Å². The molecule has 0 bridgehead atoms. The van der Waals surface area contributed by atoms with Gasteiger partial charge in [-0.25, -0.2) is 4.79 Å². The zero-order valence-electron chi connectivity index (χ0n) is 22.8. The standard InChI is InChI=1S/C27H42N4O5/c1-9-11-19(5)29-24(33)23(20-12-13-21(32)18(4)16-20)31(15-14-28)25(34)22(17(3)10-2)30-26(35)36-27(6,7)8/h12-13,16-17,19,22-23,32H,9-11,15H2,1-8H3,(H,29,33)(H,30,35). The van der Waals surface area contributed by atoms with Crippen LogP contribution >= 0.6 is 0 Å². The maximum absolute atomic E-state index is 13.9. The molecule has 0 aliphatic heterocycles. The summed E-state index contributed by atoms with van der Waals surface area (Å²) in [5, 5.41) is 25.2. The number of nitrogens with zero attached hydrogens (tertiary/aromatic N) is 2. The molecule has 4 unspecified atom stereocenters. The second-order valence-electron chi connectivity index (χ2n) is 10.3. The number of carbonyl (C=O) groups is 3. The van der Waals surface area contributed by atoms with Crippen LogP contribution in [0.1, 0.15) is 84.9 Å². The Bertz CT molecular complexity index is 950. The normalized spacial score (nSPS) is 14.5. The fourth-order valence-corrected chi connectivity index (χ4v) is 3.82. The first kappa shape index (κ1) is 30.8. The van der Waals surface area contributed by atoms with Crippen molar-refractivity contribution in [2.45, 2.75) is 98.4 Å². The Morgan fingerprint density at radius 2 is 1.81 bits per heavy atom. The highest BCUT2D eigenvalue weighted by Crippen LogP contribution is 2.28. The topological polar surface area (TPSA) is 132 Å². The summed E-state index contributed by atoms with van der Waals surface area (Å²) in [6.45, 7) is 14.1. The summed E-state index contributed by atoms with van der Waals surface area (Å²) < 4.78 is 5.36. The van der Waals surface area contributed by atoms with Crippen molar-refractivity contribution in [3.63, 3.8) is 0 Å². The van der Waals surface area contributed by atoms with Crippen molar-refractivity contribution in [2.75, 3.05) is 6.54 Å². The van der Waals surface area contributed by atoms with Gasteiger partial charge < -0.3 is 25.4 Å². The van der Waals surface area contributed by atoms with E-state index >= 15 is 0 Å². The van der Waals surface area contributed by atoms with E-state index in [4.69, 9.17) is 4.74 Å². The number of ether oxygens (including phenoxy) is 1. The van der Waals surface area contributed by atoms with Gasteiger partial charge in [-0.15, -0.1) is 0 Å². The molecular formula is C27H42N4O5. The minimum absolute atomic E-state index is 0.0551. The maximum atomic E-state index is 13.9. The van der Waals surface area contributed by atoms with Gasteiger partial charge in [0.2, 0.25) is 11.8 Å². The van der Waals surface area contributed by atoms with Gasteiger partial charge in [0.1, 0.15) is 30.0 Å². The van der Waals surface area contributed by atoms with E-state index in [-0.39, 0.29) is 24.3 Å². The second kappa shape index (κ2) is 13.7. The molecular weight excluding hydrogens is 460 g/mol. The van der Waals surface area contributed by atoms with Gasteiger partial charge in [-0.05, 0) is 70.2 Å². The van der Waals surface area contributed by atoms with Crippen LogP contribution < -0.4 is 10.6 Å². The first-order chi connectivity index (χ1) is 16.7. The third kappa shape index (κ3) is 9.06. The maximum Gasteiger partial charge on any atom is 0.408 e. The van der Waals surface area contributed by atoms with Crippen LogP contribution in [0.5, 0.6) is 5.75 Å². The molecule has 9 nitrogen and oxygen atoms in total. The first-order valence-electron chi connectivity index (χ1n) is 12.5. The molecule has 0 saturated heterocycles. The molecule has 0 aliphatic carbocycles. The van der Waals surface area contributed by atoms with Gasteiger partial charge in [0, 0.05) is 6.04 Å². The molecule has 0 fully saturated rings. The first-order valence-corrected chi connectivity index (χ1v) is 12.5. The Morgan fingerprint density at radius 1 is 1.17 bits per heavy atom. The van der Waals surface area contributed by atoms with Crippen LogP contribution in [-0.2, 0) is 14.3 Å². The molecule has 1 aromatic rings. The number of phenolic OH excluding ortho intramolecular Hbond substituents is 1. The number of phenols is 1. The van der Waals surface area contributed by atoms with Crippen molar-refractivity contribution >= 4 is 17.9 Å². The fraction of sp³-hybridized carbons (Fsp3) is 0.630. The van der Waals surface area contributed by atoms with Gasteiger partial charge in [0.05, 0.1) is 6.07 Å². The smallest absolute Gasteiger partial charge is 0.408 e. The lowest BCUT2D eigenvalue weighted by molar-refractivity contribution is -0.143. The molecule has 0 aliphatic rings. The molecule has 1 aromatic carbocycles. The summed E-state index contributed by atoms with van der Waals surface area (Å²) >= 11 is 0. The van der Waals surface area contributed by atoms with E-state index in [0.29, 0.717) is 17.5 Å². The number of nitrogens with one attached hydrogen (secondary N) is 2. The van der Waals surface area contributed by atoms with E-state index in [1.54, 1.807) is 39.8 Å². The average molecular weight is 503 g/mol. The molecule has 0 spiro atoms. The van der Waals surface area contributed by atoms with E-state index in [1.807, 2.05) is 33.8 Å². The number of benzene rings is 1. The molecule has 4 atom stereocenters. The summed E-state index contributed by atoms with van der Waals surface area (Å²) in [7, 11) is 0. The summed E-state index contributed by atoms with van der Waals surface area (Å²) in [5.74, 6) is -1.24. The number of aromatic hydroxyl groups is 1. The Hall–Kier alpha value is -3.28.